The van der Waals surface area contributed by atoms with Gasteiger partial charge in [-0.05, 0) is 51.4 Å². The summed E-state index contributed by atoms with van der Waals surface area (Å²) in [5.74, 6) is 2.72. The van der Waals surface area contributed by atoms with E-state index >= 15 is 0 Å². The highest BCUT2D eigenvalue weighted by Gasteiger charge is 2.23. The zero-order chi connectivity index (χ0) is 11.5. The van der Waals surface area contributed by atoms with Crippen molar-refractivity contribution in [2.75, 3.05) is 13.1 Å². The monoisotopic (exact) mass is 222 g/mol. The minimum absolute atomic E-state index is 0.305. The molecule has 0 spiro atoms. The average molecular weight is 222 g/mol. The van der Waals surface area contributed by atoms with Crippen LogP contribution in [0.2, 0.25) is 0 Å². The summed E-state index contributed by atoms with van der Waals surface area (Å²) in [5, 5.41) is 7.08. The summed E-state index contributed by atoms with van der Waals surface area (Å²) >= 11 is 0. The molecular weight excluding hydrogens is 200 g/mol. The summed E-state index contributed by atoms with van der Waals surface area (Å²) in [7, 11) is 0. The molecule has 1 fully saturated rings. The van der Waals surface area contributed by atoms with Gasteiger partial charge in [-0.1, -0.05) is 6.92 Å². The molecule has 3 unspecified atom stereocenters. The molecule has 3 atom stereocenters. The maximum Gasteiger partial charge on any atom is 0.120 e. The highest BCUT2D eigenvalue weighted by Crippen LogP contribution is 2.19. The second-order valence-corrected chi connectivity index (χ2v) is 4.91. The zero-order valence-corrected chi connectivity index (χ0v) is 10.4. The number of aryl methyl sites for hydroxylation is 1. The molecule has 16 heavy (non-hydrogen) atoms. The molecule has 1 saturated heterocycles. The van der Waals surface area contributed by atoms with E-state index in [1.165, 1.54) is 6.42 Å². The average Bonchev–Trinajstić information content (AvgIpc) is 2.68. The van der Waals surface area contributed by atoms with Gasteiger partial charge in [0.25, 0.3) is 0 Å². The molecule has 0 aromatic carbocycles. The van der Waals surface area contributed by atoms with E-state index in [1.807, 2.05) is 13.0 Å². The van der Waals surface area contributed by atoms with Gasteiger partial charge in [0.1, 0.15) is 11.5 Å². The lowest BCUT2D eigenvalue weighted by Crippen LogP contribution is -2.46. The van der Waals surface area contributed by atoms with Crippen molar-refractivity contribution in [2.24, 2.45) is 5.92 Å². The molecule has 1 aromatic rings. The van der Waals surface area contributed by atoms with Crippen LogP contribution in [0.15, 0.2) is 16.5 Å². The van der Waals surface area contributed by atoms with Gasteiger partial charge < -0.3 is 15.1 Å². The lowest BCUT2D eigenvalue weighted by atomic mass is 9.94. The van der Waals surface area contributed by atoms with Crippen molar-refractivity contribution in [3.8, 4) is 0 Å². The van der Waals surface area contributed by atoms with Gasteiger partial charge in [-0.15, -0.1) is 0 Å². The van der Waals surface area contributed by atoms with Crippen molar-refractivity contribution < 1.29 is 4.42 Å². The van der Waals surface area contributed by atoms with E-state index in [9.17, 15) is 0 Å². The van der Waals surface area contributed by atoms with Gasteiger partial charge in [-0.25, -0.2) is 0 Å². The van der Waals surface area contributed by atoms with Crippen LogP contribution in [-0.4, -0.2) is 19.1 Å². The molecule has 0 aliphatic carbocycles. The van der Waals surface area contributed by atoms with E-state index in [4.69, 9.17) is 4.42 Å². The van der Waals surface area contributed by atoms with E-state index < -0.39 is 0 Å². The molecule has 2 rings (SSSR count). The first-order valence-corrected chi connectivity index (χ1v) is 6.20. The van der Waals surface area contributed by atoms with Gasteiger partial charge >= 0.3 is 0 Å². The largest absolute Gasteiger partial charge is 0.465 e. The number of nitrogens with one attached hydrogen (secondary N) is 2. The predicted octanol–water partition coefficient (Wildman–Crippen LogP) is 2.24. The highest BCUT2D eigenvalue weighted by atomic mass is 16.3. The lowest BCUT2D eigenvalue weighted by molar-refractivity contribution is 0.265. The molecule has 90 valence electrons. The number of piperidine rings is 1. The van der Waals surface area contributed by atoms with Crippen LogP contribution in [0.3, 0.4) is 0 Å². The Balaban J connectivity index is 1.93. The fourth-order valence-electron chi connectivity index (χ4n) is 2.35. The Morgan fingerprint density at radius 3 is 2.94 bits per heavy atom. The molecule has 2 heterocycles. The fourth-order valence-corrected chi connectivity index (χ4v) is 2.35. The number of furan rings is 1. The molecule has 0 saturated carbocycles. The highest BCUT2D eigenvalue weighted by molar-refractivity contribution is 5.09. The predicted molar refractivity (Wildman–Crippen MR) is 65.4 cm³/mol. The van der Waals surface area contributed by atoms with Crippen molar-refractivity contribution >= 4 is 0 Å². The molecule has 1 aliphatic heterocycles. The quantitative estimate of drug-likeness (QED) is 0.823. The normalized spacial score (nSPS) is 27.9. The van der Waals surface area contributed by atoms with Crippen LogP contribution >= 0.6 is 0 Å². The van der Waals surface area contributed by atoms with Crippen LogP contribution in [0.4, 0.5) is 0 Å². The smallest absolute Gasteiger partial charge is 0.120 e. The molecule has 0 bridgehead atoms. The van der Waals surface area contributed by atoms with Crippen LogP contribution in [0, 0.1) is 12.8 Å². The first kappa shape index (κ1) is 11.7. The Bertz CT molecular complexity index is 334. The van der Waals surface area contributed by atoms with Crippen LogP contribution in [0.5, 0.6) is 0 Å². The summed E-state index contributed by atoms with van der Waals surface area (Å²) in [6.45, 7) is 8.69. The van der Waals surface area contributed by atoms with Crippen molar-refractivity contribution in [3.05, 3.63) is 23.7 Å². The summed E-state index contributed by atoms with van der Waals surface area (Å²) in [5.41, 5.74) is 0. The molecule has 0 radical (unpaired) electrons. The van der Waals surface area contributed by atoms with Gasteiger partial charge in [0.15, 0.2) is 0 Å². The molecular formula is C13H22N2O. The molecule has 1 aliphatic rings. The minimum atomic E-state index is 0.305. The summed E-state index contributed by atoms with van der Waals surface area (Å²) in [6.07, 6.45) is 1.20. The van der Waals surface area contributed by atoms with E-state index in [2.05, 4.69) is 30.5 Å². The molecule has 0 amide bonds. The van der Waals surface area contributed by atoms with Gasteiger partial charge in [0.2, 0.25) is 0 Å². The van der Waals surface area contributed by atoms with Gasteiger partial charge in [-0.3, -0.25) is 0 Å². The van der Waals surface area contributed by atoms with Gasteiger partial charge in [0, 0.05) is 6.04 Å². The first-order valence-electron chi connectivity index (χ1n) is 6.20. The van der Waals surface area contributed by atoms with Crippen LogP contribution in [0.25, 0.3) is 0 Å². The summed E-state index contributed by atoms with van der Waals surface area (Å²) < 4.78 is 5.64. The standard InChI is InChI=1S/C13H22N2O/c1-9-8-14-7-6-12(9)15-11(3)13-5-4-10(2)16-13/h4-5,9,11-12,14-15H,6-8H2,1-3H3. The Hall–Kier alpha value is -0.800. The minimum Gasteiger partial charge on any atom is -0.465 e. The van der Waals surface area contributed by atoms with Crippen molar-refractivity contribution in [1.29, 1.82) is 0 Å². The van der Waals surface area contributed by atoms with Crippen molar-refractivity contribution in [2.45, 2.75) is 39.3 Å². The van der Waals surface area contributed by atoms with Gasteiger partial charge in [-0.2, -0.15) is 0 Å². The summed E-state index contributed by atoms with van der Waals surface area (Å²) in [6, 6.07) is 5.00. The topological polar surface area (TPSA) is 37.2 Å². The molecule has 3 nitrogen and oxygen atoms in total. The maximum atomic E-state index is 5.64. The third kappa shape index (κ3) is 2.66. The summed E-state index contributed by atoms with van der Waals surface area (Å²) in [4.78, 5) is 0. The van der Waals surface area contributed by atoms with Gasteiger partial charge in [0.05, 0.1) is 6.04 Å². The van der Waals surface area contributed by atoms with Crippen LogP contribution in [-0.2, 0) is 0 Å². The lowest BCUT2D eigenvalue weighted by Gasteiger charge is -2.32. The van der Waals surface area contributed by atoms with Crippen molar-refractivity contribution in [3.63, 3.8) is 0 Å². The zero-order valence-electron chi connectivity index (χ0n) is 10.4. The van der Waals surface area contributed by atoms with E-state index in [-0.39, 0.29) is 0 Å². The van der Waals surface area contributed by atoms with E-state index in [0.29, 0.717) is 18.0 Å². The Morgan fingerprint density at radius 2 is 2.31 bits per heavy atom. The third-order valence-electron chi connectivity index (χ3n) is 3.44. The van der Waals surface area contributed by atoms with E-state index in [1.54, 1.807) is 0 Å². The maximum absolute atomic E-state index is 5.64. The van der Waals surface area contributed by atoms with Crippen LogP contribution < -0.4 is 10.6 Å². The first-order chi connectivity index (χ1) is 7.66. The number of rotatable bonds is 3. The third-order valence-corrected chi connectivity index (χ3v) is 3.44. The second kappa shape index (κ2) is 5.02. The Kier molecular flexibility index (Phi) is 3.66. The Labute approximate surface area is 97.6 Å². The van der Waals surface area contributed by atoms with Crippen LogP contribution in [0.1, 0.15) is 37.8 Å². The van der Waals surface area contributed by atoms with E-state index in [0.717, 1.165) is 24.6 Å². The number of hydrogen-bond acceptors (Lipinski definition) is 3. The number of hydrogen-bond donors (Lipinski definition) is 2. The molecule has 2 N–H and O–H groups in total. The van der Waals surface area contributed by atoms with Crippen molar-refractivity contribution in [1.82, 2.24) is 10.6 Å². The molecule has 3 heteroatoms. The Morgan fingerprint density at radius 1 is 1.50 bits per heavy atom. The SMILES string of the molecule is Cc1ccc(C(C)NC2CCNCC2C)o1. The second-order valence-electron chi connectivity index (χ2n) is 4.91. The molecule has 1 aromatic heterocycles. The fraction of sp³-hybridized carbons (Fsp3) is 0.692.